The van der Waals surface area contributed by atoms with E-state index < -0.39 is 11.6 Å². The zero-order valence-corrected chi connectivity index (χ0v) is 9.20. The molecule has 0 unspecified atom stereocenters. The number of rotatable bonds is 0. The Hall–Kier alpha value is -2.10. The molecule has 0 aliphatic carbocycles. The second-order valence-corrected chi connectivity index (χ2v) is 4.05. The predicted molar refractivity (Wildman–Crippen MR) is 60.4 cm³/mol. The third-order valence-electron chi connectivity index (χ3n) is 2.86. The van der Waals surface area contributed by atoms with Crippen LogP contribution in [0.15, 0.2) is 24.4 Å². The van der Waals surface area contributed by atoms with E-state index in [1.54, 1.807) is 12.3 Å². The maximum Gasteiger partial charge on any atom is 0.207 e. The first-order valence-electron chi connectivity index (χ1n) is 5.27. The Balaban J connectivity index is 2.29. The smallest absolute Gasteiger partial charge is 0.207 e. The van der Waals surface area contributed by atoms with Gasteiger partial charge in [0.15, 0.2) is 11.5 Å². The minimum Gasteiger partial charge on any atom is -0.505 e. The maximum absolute atomic E-state index is 13.7. The molecule has 1 aliphatic heterocycles. The van der Waals surface area contributed by atoms with Crippen LogP contribution in [-0.2, 0) is 6.61 Å². The van der Waals surface area contributed by atoms with Gasteiger partial charge < -0.3 is 9.84 Å². The molecule has 4 heteroatoms. The number of hydrogen-bond donors (Lipinski definition) is 1. The van der Waals surface area contributed by atoms with Crippen molar-refractivity contribution in [3.05, 3.63) is 41.5 Å². The summed E-state index contributed by atoms with van der Waals surface area (Å²) in [6.45, 7) is 2.15. The molecule has 1 aromatic carbocycles. The second kappa shape index (κ2) is 3.45. The standard InChI is InChI=1S/C13H10FNO2/c1-7-4-10-8(5-15-7)6-17-13-9(10)2-3-11(16)12(13)14/h2-5,16H,6H2,1H3. The maximum atomic E-state index is 13.7. The van der Waals surface area contributed by atoms with Crippen LogP contribution in [0.1, 0.15) is 11.3 Å². The molecule has 3 nitrogen and oxygen atoms in total. The quantitative estimate of drug-likeness (QED) is 0.758. The molecule has 1 aromatic heterocycles. The van der Waals surface area contributed by atoms with Crippen LogP contribution in [0.4, 0.5) is 4.39 Å². The number of pyridine rings is 1. The average Bonchev–Trinajstić information content (AvgIpc) is 2.33. The summed E-state index contributed by atoms with van der Waals surface area (Å²) in [5.41, 5.74) is 3.36. The largest absolute Gasteiger partial charge is 0.505 e. The summed E-state index contributed by atoms with van der Waals surface area (Å²) < 4.78 is 19.0. The fourth-order valence-corrected chi connectivity index (χ4v) is 2.00. The second-order valence-electron chi connectivity index (χ2n) is 4.05. The normalized spacial score (nSPS) is 12.6. The van der Waals surface area contributed by atoms with E-state index in [-0.39, 0.29) is 12.4 Å². The number of phenols is 1. The first-order chi connectivity index (χ1) is 8.16. The van der Waals surface area contributed by atoms with Gasteiger partial charge in [-0.15, -0.1) is 0 Å². The Kier molecular flexibility index (Phi) is 2.04. The Morgan fingerprint density at radius 2 is 2.18 bits per heavy atom. The number of halogens is 1. The van der Waals surface area contributed by atoms with E-state index in [9.17, 15) is 9.50 Å². The minimum absolute atomic E-state index is 0.114. The van der Waals surface area contributed by atoms with Crippen molar-refractivity contribution in [2.75, 3.05) is 0 Å². The minimum atomic E-state index is -0.706. The predicted octanol–water partition coefficient (Wildman–Crippen LogP) is 2.79. The lowest BCUT2D eigenvalue weighted by atomic mass is 9.97. The van der Waals surface area contributed by atoms with E-state index in [0.717, 1.165) is 16.8 Å². The van der Waals surface area contributed by atoms with Gasteiger partial charge in [0, 0.05) is 23.0 Å². The summed E-state index contributed by atoms with van der Waals surface area (Å²) >= 11 is 0. The molecule has 0 bridgehead atoms. The number of benzene rings is 1. The number of aryl methyl sites for hydroxylation is 1. The number of fused-ring (bicyclic) bond motifs is 3. The van der Waals surface area contributed by atoms with Gasteiger partial charge >= 0.3 is 0 Å². The van der Waals surface area contributed by atoms with Crippen LogP contribution in [-0.4, -0.2) is 10.1 Å². The lowest BCUT2D eigenvalue weighted by molar-refractivity contribution is 0.280. The molecule has 0 amide bonds. The molecule has 0 fully saturated rings. The van der Waals surface area contributed by atoms with Crippen molar-refractivity contribution >= 4 is 0 Å². The zero-order valence-electron chi connectivity index (χ0n) is 9.20. The van der Waals surface area contributed by atoms with E-state index in [2.05, 4.69) is 4.98 Å². The number of hydrogen-bond acceptors (Lipinski definition) is 3. The topological polar surface area (TPSA) is 42.4 Å². The number of phenolic OH excluding ortho intramolecular Hbond substituents is 1. The average molecular weight is 231 g/mol. The van der Waals surface area contributed by atoms with E-state index in [4.69, 9.17) is 4.74 Å². The molecule has 0 atom stereocenters. The molecule has 1 N–H and O–H groups in total. The summed E-state index contributed by atoms with van der Waals surface area (Å²) in [6, 6.07) is 4.89. The molecule has 86 valence electrons. The van der Waals surface area contributed by atoms with Gasteiger partial charge in [-0.2, -0.15) is 4.39 Å². The lowest BCUT2D eigenvalue weighted by Crippen LogP contribution is -2.08. The number of nitrogens with zero attached hydrogens (tertiary/aromatic N) is 1. The van der Waals surface area contributed by atoms with Gasteiger partial charge in [0.05, 0.1) is 0 Å². The van der Waals surface area contributed by atoms with Crippen molar-refractivity contribution in [1.29, 1.82) is 0 Å². The van der Waals surface area contributed by atoms with Gasteiger partial charge in [0.1, 0.15) is 6.61 Å². The highest BCUT2D eigenvalue weighted by atomic mass is 19.1. The van der Waals surface area contributed by atoms with Crippen molar-refractivity contribution in [2.24, 2.45) is 0 Å². The Morgan fingerprint density at radius 1 is 1.35 bits per heavy atom. The van der Waals surface area contributed by atoms with Gasteiger partial charge in [0.2, 0.25) is 5.82 Å². The van der Waals surface area contributed by atoms with Crippen LogP contribution in [0.3, 0.4) is 0 Å². The Bertz CT molecular complexity index is 611. The number of aromatic hydroxyl groups is 1. The van der Waals surface area contributed by atoms with Gasteiger partial charge in [-0.3, -0.25) is 4.98 Å². The van der Waals surface area contributed by atoms with Crippen LogP contribution in [0.25, 0.3) is 11.1 Å². The third-order valence-corrected chi connectivity index (χ3v) is 2.86. The van der Waals surface area contributed by atoms with Crippen LogP contribution >= 0.6 is 0 Å². The first kappa shape index (κ1) is 10.1. The van der Waals surface area contributed by atoms with Crippen molar-refractivity contribution in [3.63, 3.8) is 0 Å². The van der Waals surface area contributed by atoms with Crippen LogP contribution in [0.5, 0.6) is 11.5 Å². The molecule has 1 aliphatic rings. The van der Waals surface area contributed by atoms with E-state index in [0.29, 0.717) is 5.56 Å². The van der Waals surface area contributed by atoms with Crippen LogP contribution in [0, 0.1) is 12.7 Å². The number of ether oxygens (including phenoxy) is 1. The van der Waals surface area contributed by atoms with Crippen molar-refractivity contribution in [3.8, 4) is 22.6 Å². The highest BCUT2D eigenvalue weighted by Gasteiger charge is 2.22. The molecular formula is C13H10FNO2. The molecule has 0 saturated heterocycles. The highest BCUT2D eigenvalue weighted by Crippen LogP contribution is 2.41. The molecule has 0 radical (unpaired) electrons. The summed E-state index contributed by atoms with van der Waals surface area (Å²) in [4.78, 5) is 4.18. The lowest BCUT2D eigenvalue weighted by Gasteiger charge is -2.21. The molecule has 2 heterocycles. The van der Waals surface area contributed by atoms with Crippen LogP contribution in [0.2, 0.25) is 0 Å². The zero-order chi connectivity index (χ0) is 12.0. The van der Waals surface area contributed by atoms with Gasteiger partial charge in [-0.05, 0) is 30.7 Å². The monoisotopic (exact) mass is 231 g/mol. The summed E-state index contributed by atoms with van der Waals surface area (Å²) in [6.07, 6.45) is 1.73. The molecular weight excluding hydrogens is 221 g/mol. The third kappa shape index (κ3) is 1.45. The number of aromatic nitrogens is 1. The SMILES string of the molecule is Cc1cc2c(cn1)COc1c-2ccc(O)c1F. The summed E-state index contributed by atoms with van der Waals surface area (Å²) in [7, 11) is 0. The fraction of sp³-hybridized carbons (Fsp3) is 0.154. The molecule has 0 spiro atoms. The molecule has 0 saturated carbocycles. The van der Waals surface area contributed by atoms with Crippen LogP contribution < -0.4 is 4.74 Å². The van der Waals surface area contributed by atoms with E-state index in [1.807, 2.05) is 13.0 Å². The van der Waals surface area contributed by atoms with Gasteiger partial charge in [-0.25, -0.2) is 0 Å². The summed E-state index contributed by atoms with van der Waals surface area (Å²) in [5.74, 6) is -0.983. The Morgan fingerprint density at radius 3 is 3.00 bits per heavy atom. The van der Waals surface area contributed by atoms with E-state index >= 15 is 0 Å². The van der Waals surface area contributed by atoms with Crippen molar-refractivity contribution < 1.29 is 14.2 Å². The van der Waals surface area contributed by atoms with Gasteiger partial charge in [-0.1, -0.05) is 0 Å². The van der Waals surface area contributed by atoms with Gasteiger partial charge in [0.25, 0.3) is 0 Å². The summed E-state index contributed by atoms with van der Waals surface area (Å²) in [5, 5.41) is 9.31. The first-order valence-corrected chi connectivity index (χ1v) is 5.27. The molecule has 3 rings (SSSR count). The highest BCUT2D eigenvalue weighted by molar-refractivity contribution is 5.76. The van der Waals surface area contributed by atoms with E-state index in [1.165, 1.54) is 6.07 Å². The molecule has 17 heavy (non-hydrogen) atoms. The van der Waals surface area contributed by atoms with Crippen molar-refractivity contribution in [2.45, 2.75) is 13.5 Å². The van der Waals surface area contributed by atoms with Crippen molar-refractivity contribution in [1.82, 2.24) is 4.98 Å². The Labute approximate surface area is 97.5 Å². The fourth-order valence-electron chi connectivity index (χ4n) is 2.00. The molecule has 2 aromatic rings.